The van der Waals surface area contributed by atoms with Crippen molar-refractivity contribution in [3.63, 3.8) is 0 Å². The van der Waals surface area contributed by atoms with Crippen molar-refractivity contribution >= 4 is 7.69 Å². The molecule has 9 heteroatoms. The normalized spacial score (nSPS) is 11.8. The molecule has 0 aromatic rings. The van der Waals surface area contributed by atoms with Crippen molar-refractivity contribution in [2.75, 3.05) is 19.8 Å². The van der Waals surface area contributed by atoms with Crippen LogP contribution in [0.2, 0.25) is 0 Å². The predicted molar refractivity (Wildman–Crippen MR) is 55.9 cm³/mol. The van der Waals surface area contributed by atoms with Crippen LogP contribution in [0.15, 0.2) is 0 Å². The van der Waals surface area contributed by atoms with Gasteiger partial charge in [-0.15, -0.1) is 0 Å². The maximum atomic E-state index is 4.80. The Kier molecular flexibility index (Phi) is 10.7. The Labute approximate surface area is 101 Å². The smallest absolute Gasteiger partial charge is 0.266 e. The lowest BCUT2D eigenvalue weighted by Crippen LogP contribution is -2.36. The molecule has 0 fully saturated rings. The van der Waals surface area contributed by atoms with Gasteiger partial charge in [-0.25, -0.2) is 9.78 Å². The molecule has 0 atom stereocenters. The Morgan fingerprint density at radius 1 is 0.765 bits per heavy atom. The van der Waals surface area contributed by atoms with Gasteiger partial charge in [-0.3, -0.25) is 14.5 Å². The van der Waals surface area contributed by atoms with Crippen LogP contribution in [-0.2, 0) is 38.9 Å². The van der Waals surface area contributed by atoms with Gasteiger partial charge in [0.05, 0.1) is 19.8 Å². The van der Waals surface area contributed by atoms with Crippen molar-refractivity contribution in [1.29, 1.82) is 0 Å². The standard InChI is InChI=1S/C8H19BO8/c1-5-10-13-8(4,14-11-6-2)15-17-9-16-12-7-3/h9H,5-7H2,1-4H3. The first-order valence-corrected chi connectivity index (χ1v) is 5.34. The summed E-state index contributed by atoms with van der Waals surface area (Å²) < 4.78 is 0. The summed E-state index contributed by atoms with van der Waals surface area (Å²) in [5, 5.41) is 0. The van der Waals surface area contributed by atoms with Crippen LogP contribution in [0.5, 0.6) is 0 Å². The second-order valence-corrected chi connectivity index (χ2v) is 2.69. The van der Waals surface area contributed by atoms with E-state index < -0.39 is 5.97 Å². The molecule has 0 aliphatic heterocycles. The molecule has 0 heterocycles. The van der Waals surface area contributed by atoms with Gasteiger partial charge in [0.2, 0.25) is 0 Å². The Balaban J connectivity index is 3.82. The van der Waals surface area contributed by atoms with Crippen molar-refractivity contribution in [3.05, 3.63) is 0 Å². The molecule has 0 saturated heterocycles. The molecule has 0 spiro atoms. The van der Waals surface area contributed by atoms with E-state index in [1.807, 2.05) is 0 Å². The van der Waals surface area contributed by atoms with Gasteiger partial charge < -0.3 is 0 Å². The van der Waals surface area contributed by atoms with Crippen molar-refractivity contribution in [3.8, 4) is 0 Å². The summed E-state index contributed by atoms with van der Waals surface area (Å²) in [5.41, 5.74) is 0. The minimum absolute atomic E-state index is 0.256. The van der Waals surface area contributed by atoms with Gasteiger partial charge in [-0.05, 0) is 20.8 Å². The summed E-state index contributed by atoms with van der Waals surface area (Å²) in [6.07, 6.45) is 0. The molecule has 0 unspecified atom stereocenters. The fourth-order valence-electron chi connectivity index (χ4n) is 0.642. The van der Waals surface area contributed by atoms with E-state index in [0.29, 0.717) is 19.8 Å². The molecule has 0 amide bonds. The number of hydrogen-bond donors (Lipinski definition) is 0. The highest BCUT2D eigenvalue weighted by Crippen LogP contribution is 2.15. The molecule has 0 aromatic carbocycles. The van der Waals surface area contributed by atoms with Gasteiger partial charge in [-0.2, -0.15) is 14.7 Å². The van der Waals surface area contributed by atoms with E-state index in [9.17, 15) is 0 Å². The van der Waals surface area contributed by atoms with Crippen molar-refractivity contribution in [2.24, 2.45) is 0 Å². The van der Waals surface area contributed by atoms with Crippen LogP contribution in [0.1, 0.15) is 27.7 Å². The summed E-state index contributed by atoms with van der Waals surface area (Å²) in [7, 11) is -0.256. The molecule has 0 aliphatic carbocycles. The highest BCUT2D eigenvalue weighted by Gasteiger charge is 2.32. The first kappa shape index (κ1) is 16.7. The molecule has 102 valence electrons. The fourth-order valence-corrected chi connectivity index (χ4v) is 0.642. The minimum Gasteiger partial charge on any atom is -0.266 e. The van der Waals surface area contributed by atoms with Crippen LogP contribution in [0.25, 0.3) is 0 Å². The zero-order chi connectivity index (χ0) is 13.0. The maximum absolute atomic E-state index is 4.80. The second-order valence-electron chi connectivity index (χ2n) is 2.69. The first-order valence-electron chi connectivity index (χ1n) is 5.34. The molecule has 8 nitrogen and oxygen atoms in total. The molecular weight excluding hydrogens is 235 g/mol. The van der Waals surface area contributed by atoms with E-state index in [-0.39, 0.29) is 7.69 Å². The average Bonchev–Trinajstić information content (AvgIpc) is 2.34. The van der Waals surface area contributed by atoms with Gasteiger partial charge in [-0.1, -0.05) is 0 Å². The topological polar surface area (TPSA) is 73.8 Å². The lowest BCUT2D eigenvalue weighted by atomic mass is 10.4. The SMILES string of the molecule is CCOOBOOC(C)(OOCC)OOCC. The highest BCUT2D eigenvalue weighted by molar-refractivity contribution is 6.17. The quantitative estimate of drug-likeness (QED) is 0.166. The third-order valence-electron chi connectivity index (χ3n) is 1.16. The van der Waals surface area contributed by atoms with Gasteiger partial charge in [0.1, 0.15) is 0 Å². The Hall–Kier alpha value is -0.255. The van der Waals surface area contributed by atoms with Gasteiger partial charge in [0.15, 0.2) is 0 Å². The van der Waals surface area contributed by atoms with E-state index in [4.69, 9.17) is 24.4 Å². The third kappa shape index (κ3) is 9.45. The van der Waals surface area contributed by atoms with Crippen molar-refractivity contribution in [1.82, 2.24) is 0 Å². The first-order chi connectivity index (χ1) is 8.18. The van der Waals surface area contributed by atoms with E-state index in [2.05, 4.69) is 14.5 Å². The van der Waals surface area contributed by atoms with Crippen LogP contribution in [0, 0.1) is 0 Å². The Morgan fingerprint density at radius 3 is 1.76 bits per heavy atom. The van der Waals surface area contributed by atoms with Crippen molar-refractivity contribution < 1.29 is 38.9 Å². The zero-order valence-electron chi connectivity index (χ0n) is 10.6. The molecule has 0 aliphatic rings. The lowest BCUT2D eigenvalue weighted by Gasteiger charge is -2.24. The zero-order valence-corrected chi connectivity index (χ0v) is 10.6. The maximum Gasteiger partial charge on any atom is 0.506 e. The lowest BCUT2D eigenvalue weighted by molar-refractivity contribution is -0.613. The molecular formula is C8H19BO8. The third-order valence-corrected chi connectivity index (χ3v) is 1.16. The fraction of sp³-hybridized carbons (Fsp3) is 1.00. The predicted octanol–water partition coefficient (Wildman–Crippen LogP) is 0.779. The van der Waals surface area contributed by atoms with E-state index in [1.54, 1.807) is 20.8 Å². The number of hydrogen-bond acceptors (Lipinski definition) is 8. The molecule has 0 radical (unpaired) electrons. The highest BCUT2D eigenvalue weighted by atomic mass is 17.4. The van der Waals surface area contributed by atoms with E-state index in [1.165, 1.54) is 6.92 Å². The minimum atomic E-state index is -1.65. The van der Waals surface area contributed by atoms with Gasteiger partial charge >= 0.3 is 13.7 Å². The molecule has 0 bridgehead atoms. The summed E-state index contributed by atoms with van der Waals surface area (Å²) in [4.78, 5) is 37.5. The Morgan fingerprint density at radius 2 is 1.29 bits per heavy atom. The molecule has 0 rings (SSSR count). The van der Waals surface area contributed by atoms with Gasteiger partial charge in [0.25, 0.3) is 0 Å². The summed E-state index contributed by atoms with van der Waals surface area (Å²) >= 11 is 0. The second kappa shape index (κ2) is 10.9. The largest absolute Gasteiger partial charge is 0.506 e. The molecule has 17 heavy (non-hydrogen) atoms. The molecule has 0 N–H and O–H groups in total. The Bertz CT molecular complexity index is 162. The average molecular weight is 254 g/mol. The van der Waals surface area contributed by atoms with Gasteiger partial charge in [0, 0.05) is 6.92 Å². The summed E-state index contributed by atoms with van der Waals surface area (Å²) in [5.74, 6) is -1.65. The van der Waals surface area contributed by atoms with Crippen LogP contribution in [0.4, 0.5) is 0 Å². The molecule has 0 saturated carbocycles. The number of rotatable bonds is 12. The van der Waals surface area contributed by atoms with Crippen LogP contribution < -0.4 is 0 Å². The van der Waals surface area contributed by atoms with Crippen molar-refractivity contribution in [2.45, 2.75) is 33.7 Å². The summed E-state index contributed by atoms with van der Waals surface area (Å²) in [6, 6.07) is 0. The van der Waals surface area contributed by atoms with E-state index >= 15 is 0 Å². The van der Waals surface area contributed by atoms with E-state index in [0.717, 1.165) is 0 Å². The monoisotopic (exact) mass is 254 g/mol. The van der Waals surface area contributed by atoms with Crippen LogP contribution >= 0.6 is 0 Å². The molecule has 0 aromatic heterocycles. The summed E-state index contributed by atoms with van der Waals surface area (Å²) in [6.45, 7) is 7.65. The van der Waals surface area contributed by atoms with Crippen LogP contribution in [-0.4, -0.2) is 33.5 Å². The van der Waals surface area contributed by atoms with Crippen LogP contribution in [0.3, 0.4) is 0 Å².